The van der Waals surface area contributed by atoms with Crippen LogP contribution in [0.1, 0.15) is 17.9 Å². The van der Waals surface area contributed by atoms with Crippen molar-refractivity contribution in [1.82, 2.24) is 45.1 Å². The third-order valence-corrected chi connectivity index (χ3v) is 4.93. The molecule has 13 nitrogen and oxygen atoms in total. The number of aromatic nitrogens is 9. The van der Waals surface area contributed by atoms with Crippen molar-refractivity contribution in [3.63, 3.8) is 0 Å². The molecule has 3 N–H and O–H groups in total. The Morgan fingerprint density at radius 1 is 1.11 bits per heavy atom. The molecule has 0 radical (unpaired) electrons. The van der Waals surface area contributed by atoms with Gasteiger partial charge in [0.25, 0.3) is 6.43 Å². The number of aryl methyl sites for hydroxylation is 1. The van der Waals surface area contributed by atoms with Gasteiger partial charge >= 0.3 is 0 Å². The lowest BCUT2D eigenvalue weighted by molar-refractivity contribution is 0.142. The smallest absolute Gasteiger partial charge is 0.295 e. The molecule has 0 fully saturated rings. The van der Waals surface area contributed by atoms with Crippen molar-refractivity contribution in [2.75, 3.05) is 17.7 Å². The molecule has 0 amide bonds. The fourth-order valence-corrected chi connectivity index (χ4v) is 3.45. The zero-order chi connectivity index (χ0) is 25.2. The Morgan fingerprint density at radius 3 is 2.69 bits per heavy atom. The number of fused-ring (bicyclic) bond motifs is 1. The van der Waals surface area contributed by atoms with Gasteiger partial charge in [0.15, 0.2) is 28.7 Å². The van der Waals surface area contributed by atoms with Gasteiger partial charge in [0.2, 0.25) is 5.82 Å². The third-order valence-electron chi connectivity index (χ3n) is 4.93. The first-order chi connectivity index (χ1) is 17.4. The minimum atomic E-state index is -2.83. The summed E-state index contributed by atoms with van der Waals surface area (Å²) in [5, 5.41) is 27.3. The maximum absolute atomic E-state index is 13.4. The maximum atomic E-state index is 13.4. The van der Waals surface area contributed by atoms with E-state index in [9.17, 15) is 8.78 Å². The highest BCUT2D eigenvalue weighted by Gasteiger charge is 2.20. The third kappa shape index (κ3) is 4.30. The number of H-pyrrole nitrogens is 1. The zero-order valence-electron chi connectivity index (χ0n) is 18.7. The molecule has 0 aliphatic rings. The monoisotopic (exact) mass is 490 g/mol. The zero-order valence-corrected chi connectivity index (χ0v) is 18.7. The Balaban J connectivity index is 1.60. The molecule has 0 unspecified atom stereocenters. The molecule has 4 aromatic heterocycles. The minimum Gasteiger partial charge on any atom is -0.494 e. The number of para-hydroxylation sites is 1. The number of hydrogen-bond donors (Lipinski definition) is 3. The molecule has 0 spiro atoms. The van der Waals surface area contributed by atoms with Crippen LogP contribution < -0.4 is 15.4 Å². The molecule has 5 aromatic rings. The van der Waals surface area contributed by atoms with Gasteiger partial charge in [-0.3, -0.25) is 4.98 Å². The van der Waals surface area contributed by atoms with E-state index in [-0.39, 0.29) is 28.5 Å². The first-order valence-electron chi connectivity index (χ1n) is 10.3. The summed E-state index contributed by atoms with van der Waals surface area (Å²) in [6.07, 6.45) is -0.125. The van der Waals surface area contributed by atoms with Crippen LogP contribution in [-0.2, 0) is 7.05 Å². The minimum absolute atomic E-state index is 0.0351. The van der Waals surface area contributed by atoms with Gasteiger partial charge in [0.05, 0.1) is 43.5 Å². The van der Waals surface area contributed by atoms with E-state index in [1.807, 2.05) is 6.07 Å². The number of nitrogens with zero attached hydrogens (tertiary/aromatic N) is 9. The van der Waals surface area contributed by atoms with Gasteiger partial charge in [-0.05, 0) is 17.3 Å². The van der Waals surface area contributed by atoms with Crippen molar-refractivity contribution in [2.45, 2.75) is 6.43 Å². The molecular formula is C21H16F2N12O. The number of benzene rings is 1. The van der Waals surface area contributed by atoms with Gasteiger partial charge in [-0.25, -0.2) is 23.7 Å². The quantitative estimate of drug-likeness (QED) is 0.306. The summed E-state index contributed by atoms with van der Waals surface area (Å²) in [5.41, 5.74) is 1.82. The van der Waals surface area contributed by atoms with E-state index in [2.05, 4.69) is 51.0 Å². The van der Waals surface area contributed by atoms with Crippen molar-refractivity contribution in [3.8, 4) is 23.2 Å². The van der Waals surface area contributed by atoms with Crippen LogP contribution in [0.5, 0.6) is 5.75 Å². The first kappa shape index (κ1) is 22.5. The van der Waals surface area contributed by atoms with Crippen molar-refractivity contribution in [3.05, 3.63) is 48.2 Å². The SMILES string of the molecule is COc1c(Nc2cc(Nc3cncc(C#N)n3)nc3nc(C(F)F)[nH]c23)cccc1-c1nnn(C)n1. The molecule has 0 atom stereocenters. The average molecular weight is 490 g/mol. The Hall–Kier alpha value is -5.26. The van der Waals surface area contributed by atoms with Crippen molar-refractivity contribution in [1.29, 1.82) is 5.26 Å². The molecule has 180 valence electrons. The fraction of sp³-hybridized carbons (Fsp3) is 0.143. The second-order valence-electron chi connectivity index (χ2n) is 7.32. The Kier molecular flexibility index (Phi) is 5.74. The second kappa shape index (κ2) is 9.18. The number of hydrogen-bond acceptors (Lipinski definition) is 11. The van der Waals surface area contributed by atoms with E-state index in [0.29, 0.717) is 28.5 Å². The molecule has 36 heavy (non-hydrogen) atoms. The van der Waals surface area contributed by atoms with E-state index < -0.39 is 12.2 Å². The Bertz CT molecular complexity index is 1610. The molecule has 1 aromatic carbocycles. The Labute approximate surface area is 201 Å². The lowest BCUT2D eigenvalue weighted by Crippen LogP contribution is -2.02. The van der Waals surface area contributed by atoms with Crippen molar-refractivity contribution >= 4 is 34.2 Å². The predicted octanol–water partition coefficient (Wildman–Crippen LogP) is 3.24. The molecule has 0 saturated heterocycles. The van der Waals surface area contributed by atoms with Gasteiger partial charge < -0.3 is 20.4 Å². The summed E-state index contributed by atoms with van der Waals surface area (Å²) in [5.74, 6) is 0.689. The molecule has 4 heterocycles. The number of pyridine rings is 1. The molecule has 0 aliphatic heterocycles. The van der Waals surface area contributed by atoms with E-state index in [1.54, 1.807) is 31.3 Å². The number of ether oxygens (including phenoxy) is 1. The topological polar surface area (TPSA) is 168 Å². The summed E-state index contributed by atoms with van der Waals surface area (Å²) in [7, 11) is 3.13. The van der Waals surface area contributed by atoms with Gasteiger partial charge in [-0.1, -0.05) is 6.07 Å². The lowest BCUT2D eigenvalue weighted by atomic mass is 10.1. The summed E-state index contributed by atoms with van der Waals surface area (Å²) in [6.45, 7) is 0. The fourth-order valence-electron chi connectivity index (χ4n) is 3.45. The first-order valence-corrected chi connectivity index (χ1v) is 10.3. The summed E-state index contributed by atoms with van der Waals surface area (Å²) < 4.78 is 32.4. The number of halogens is 2. The lowest BCUT2D eigenvalue weighted by Gasteiger charge is -2.15. The number of anilines is 4. The highest BCUT2D eigenvalue weighted by atomic mass is 19.3. The van der Waals surface area contributed by atoms with Crippen LogP contribution in [0.15, 0.2) is 36.7 Å². The van der Waals surface area contributed by atoms with Gasteiger partial charge in [0, 0.05) is 6.07 Å². The predicted molar refractivity (Wildman–Crippen MR) is 123 cm³/mol. The number of alkyl halides is 2. The summed E-state index contributed by atoms with van der Waals surface area (Å²) >= 11 is 0. The van der Waals surface area contributed by atoms with Crippen LogP contribution >= 0.6 is 0 Å². The number of nitriles is 1. The van der Waals surface area contributed by atoms with E-state index >= 15 is 0 Å². The van der Waals surface area contributed by atoms with Crippen LogP contribution in [0.3, 0.4) is 0 Å². The molecule has 0 aliphatic carbocycles. The largest absolute Gasteiger partial charge is 0.494 e. The number of aromatic amines is 1. The van der Waals surface area contributed by atoms with Gasteiger partial charge in [-0.2, -0.15) is 10.1 Å². The Morgan fingerprint density at radius 2 is 1.97 bits per heavy atom. The number of tetrazole rings is 1. The number of imidazole rings is 1. The van der Waals surface area contributed by atoms with E-state index in [4.69, 9.17) is 10.00 Å². The summed E-state index contributed by atoms with van der Waals surface area (Å²) in [4.78, 5) is 20.2. The average Bonchev–Trinajstić information content (AvgIpc) is 3.50. The molecule has 5 rings (SSSR count). The van der Waals surface area contributed by atoms with Crippen LogP contribution in [0.25, 0.3) is 22.6 Å². The molecule has 0 bridgehead atoms. The number of nitrogens with one attached hydrogen (secondary N) is 3. The van der Waals surface area contributed by atoms with Crippen molar-refractivity contribution in [2.24, 2.45) is 7.05 Å². The van der Waals surface area contributed by atoms with Crippen LogP contribution in [-0.4, -0.2) is 52.2 Å². The van der Waals surface area contributed by atoms with E-state index in [1.165, 1.54) is 24.3 Å². The molecule has 0 saturated carbocycles. The normalized spacial score (nSPS) is 11.0. The number of methoxy groups -OCH3 is 1. The maximum Gasteiger partial charge on any atom is 0.295 e. The molecular weight excluding hydrogens is 474 g/mol. The van der Waals surface area contributed by atoms with Crippen LogP contribution in [0.2, 0.25) is 0 Å². The second-order valence-corrected chi connectivity index (χ2v) is 7.32. The number of rotatable bonds is 7. The standard InChI is InChI=1S/C21H16F2N12O/c1-35-33-19(32-34-35)11-4-3-5-12(17(11)36-2)27-13-6-14(28-15-9-25-8-10(7-24)26-15)29-20-16(13)30-21(31-20)18(22)23/h3-6,8-9,18H,1-2H3,(H3,26,27,28,29,30,31). The highest BCUT2D eigenvalue weighted by Crippen LogP contribution is 2.38. The van der Waals surface area contributed by atoms with Crippen LogP contribution in [0, 0.1) is 11.3 Å². The molecule has 15 heteroatoms. The van der Waals surface area contributed by atoms with Gasteiger partial charge in [-0.15, -0.1) is 10.2 Å². The van der Waals surface area contributed by atoms with Gasteiger partial charge in [0.1, 0.15) is 17.4 Å². The van der Waals surface area contributed by atoms with Crippen LogP contribution in [0.4, 0.5) is 31.8 Å². The van der Waals surface area contributed by atoms with Crippen molar-refractivity contribution < 1.29 is 13.5 Å². The van der Waals surface area contributed by atoms with E-state index in [0.717, 1.165) is 0 Å². The highest BCUT2D eigenvalue weighted by molar-refractivity contribution is 5.92. The summed E-state index contributed by atoms with van der Waals surface area (Å²) in [6, 6.07) is 8.74.